The molecule has 0 spiro atoms. The first kappa shape index (κ1) is 11.5. The normalized spacial score (nSPS) is 15.1. The molecular formula is C13H15ClO2. The first-order chi connectivity index (χ1) is 7.77. The lowest BCUT2D eigenvalue weighted by atomic mass is 9.97. The molecule has 0 N–H and O–H groups in total. The van der Waals surface area contributed by atoms with E-state index in [-0.39, 0.29) is 0 Å². The van der Waals surface area contributed by atoms with Gasteiger partial charge < -0.3 is 4.74 Å². The van der Waals surface area contributed by atoms with Gasteiger partial charge in [-0.2, -0.15) is 0 Å². The predicted molar refractivity (Wildman–Crippen MR) is 64.7 cm³/mol. The van der Waals surface area contributed by atoms with Crippen molar-refractivity contribution in [1.29, 1.82) is 0 Å². The molecule has 0 bridgehead atoms. The highest BCUT2D eigenvalue weighted by atomic mass is 35.5. The number of hydrogen-bond acceptors (Lipinski definition) is 2. The lowest BCUT2D eigenvalue weighted by molar-refractivity contribution is 0.111. The molecule has 86 valence electrons. The molecule has 2 rings (SSSR count). The maximum atomic E-state index is 11.2. The third kappa shape index (κ3) is 1.94. The number of carbonyl (C=O) groups is 1. The van der Waals surface area contributed by atoms with Gasteiger partial charge in [0.1, 0.15) is 5.75 Å². The lowest BCUT2D eigenvalue weighted by Crippen LogP contribution is -2.02. The summed E-state index contributed by atoms with van der Waals surface area (Å²) in [4.78, 5) is 11.2. The summed E-state index contributed by atoms with van der Waals surface area (Å²) in [7, 11) is 1.55. The van der Waals surface area contributed by atoms with Crippen LogP contribution in [0.1, 0.15) is 40.7 Å². The SMILES string of the molecule is COc1c(Cl)cc2c(c1C=O)CCCCC2. The summed E-state index contributed by atoms with van der Waals surface area (Å²) in [6, 6.07) is 1.95. The number of ether oxygens (including phenoxy) is 1. The van der Waals surface area contributed by atoms with Crippen molar-refractivity contribution in [2.24, 2.45) is 0 Å². The molecule has 3 heteroatoms. The molecule has 1 aromatic rings. The van der Waals surface area contributed by atoms with Gasteiger partial charge in [0.2, 0.25) is 0 Å². The van der Waals surface area contributed by atoms with E-state index in [1.165, 1.54) is 18.4 Å². The Hall–Kier alpha value is -1.02. The van der Waals surface area contributed by atoms with Gasteiger partial charge in [0, 0.05) is 0 Å². The van der Waals surface area contributed by atoms with Crippen LogP contribution in [0.5, 0.6) is 5.75 Å². The molecule has 1 aromatic carbocycles. The monoisotopic (exact) mass is 238 g/mol. The first-order valence-corrected chi connectivity index (χ1v) is 5.99. The molecule has 1 aliphatic carbocycles. The van der Waals surface area contributed by atoms with Crippen molar-refractivity contribution in [3.63, 3.8) is 0 Å². The molecule has 2 nitrogen and oxygen atoms in total. The van der Waals surface area contributed by atoms with Crippen LogP contribution in [0.4, 0.5) is 0 Å². The molecule has 0 unspecified atom stereocenters. The second-order valence-corrected chi connectivity index (χ2v) is 4.53. The van der Waals surface area contributed by atoms with Gasteiger partial charge in [0.05, 0.1) is 17.7 Å². The number of methoxy groups -OCH3 is 1. The number of halogens is 1. The van der Waals surface area contributed by atoms with Crippen molar-refractivity contribution in [2.45, 2.75) is 32.1 Å². The lowest BCUT2D eigenvalue weighted by Gasteiger charge is -2.14. The molecule has 0 amide bonds. The Labute approximate surface area is 101 Å². The Morgan fingerprint density at radius 1 is 1.31 bits per heavy atom. The summed E-state index contributed by atoms with van der Waals surface area (Å²) in [5.74, 6) is 0.525. The van der Waals surface area contributed by atoms with Crippen molar-refractivity contribution in [1.82, 2.24) is 0 Å². The fourth-order valence-electron chi connectivity index (χ4n) is 2.39. The van der Waals surface area contributed by atoms with E-state index in [0.29, 0.717) is 16.3 Å². The van der Waals surface area contributed by atoms with Gasteiger partial charge in [-0.1, -0.05) is 18.0 Å². The smallest absolute Gasteiger partial charge is 0.154 e. The Morgan fingerprint density at radius 3 is 2.75 bits per heavy atom. The second kappa shape index (κ2) is 4.88. The summed E-state index contributed by atoms with van der Waals surface area (Å²) in [6.45, 7) is 0. The molecule has 0 fully saturated rings. The number of carbonyl (C=O) groups excluding carboxylic acids is 1. The highest BCUT2D eigenvalue weighted by molar-refractivity contribution is 6.32. The summed E-state index contributed by atoms with van der Waals surface area (Å²) in [5, 5.41) is 0.547. The highest BCUT2D eigenvalue weighted by Crippen LogP contribution is 2.35. The number of rotatable bonds is 2. The van der Waals surface area contributed by atoms with Crippen molar-refractivity contribution in [3.8, 4) is 5.75 Å². The zero-order valence-corrected chi connectivity index (χ0v) is 10.1. The largest absolute Gasteiger partial charge is 0.494 e. The van der Waals surface area contributed by atoms with Gasteiger partial charge in [-0.05, 0) is 42.9 Å². The number of aryl methyl sites for hydroxylation is 1. The van der Waals surface area contributed by atoms with Crippen LogP contribution in [0, 0.1) is 0 Å². The van der Waals surface area contributed by atoms with Crippen LogP contribution < -0.4 is 4.74 Å². The summed E-state index contributed by atoms with van der Waals surface area (Å²) < 4.78 is 5.21. The average molecular weight is 239 g/mol. The fourth-order valence-corrected chi connectivity index (χ4v) is 2.70. The molecule has 0 saturated carbocycles. The maximum absolute atomic E-state index is 11.2. The molecule has 1 aliphatic rings. The fraction of sp³-hybridized carbons (Fsp3) is 0.462. The first-order valence-electron chi connectivity index (χ1n) is 5.61. The molecule has 0 saturated heterocycles. The number of fused-ring (bicyclic) bond motifs is 1. The van der Waals surface area contributed by atoms with E-state index in [4.69, 9.17) is 16.3 Å². The number of hydrogen-bond donors (Lipinski definition) is 0. The minimum Gasteiger partial charge on any atom is -0.494 e. The highest BCUT2D eigenvalue weighted by Gasteiger charge is 2.18. The summed E-state index contributed by atoms with van der Waals surface area (Å²) >= 11 is 6.11. The van der Waals surface area contributed by atoms with E-state index in [0.717, 1.165) is 31.1 Å². The quantitative estimate of drug-likeness (QED) is 0.583. The summed E-state index contributed by atoms with van der Waals surface area (Å²) in [6.07, 6.45) is 6.37. The van der Waals surface area contributed by atoms with Gasteiger partial charge in [0.25, 0.3) is 0 Å². The maximum Gasteiger partial charge on any atom is 0.154 e. The van der Waals surface area contributed by atoms with Crippen molar-refractivity contribution in [3.05, 3.63) is 27.8 Å². The van der Waals surface area contributed by atoms with Gasteiger partial charge in [0.15, 0.2) is 6.29 Å². The van der Waals surface area contributed by atoms with E-state index in [1.54, 1.807) is 7.11 Å². The number of aldehydes is 1. The third-order valence-electron chi connectivity index (χ3n) is 3.17. The van der Waals surface area contributed by atoms with Crippen LogP contribution in [0.3, 0.4) is 0 Å². The van der Waals surface area contributed by atoms with E-state index in [2.05, 4.69) is 0 Å². The predicted octanol–water partition coefficient (Wildman–Crippen LogP) is 3.43. The Kier molecular flexibility index (Phi) is 3.49. The molecule has 0 radical (unpaired) electrons. The molecule has 0 aromatic heterocycles. The number of benzene rings is 1. The molecule has 0 aliphatic heterocycles. The molecule has 0 heterocycles. The topological polar surface area (TPSA) is 26.3 Å². The minimum atomic E-state index is 0.525. The van der Waals surface area contributed by atoms with Crippen LogP contribution in [-0.2, 0) is 12.8 Å². The van der Waals surface area contributed by atoms with E-state index in [9.17, 15) is 4.79 Å². The molecule has 0 atom stereocenters. The second-order valence-electron chi connectivity index (χ2n) is 4.12. The minimum absolute atomic E-state index is 0.525. The van der Waals surface area contributed by atoms with E-state index >= 15 is 0 Å². The van der Waals surface area contributed by atoms with Gasteiger partial charge >= 0.3 is 0 Å². The standard InChI is InChI=1S/C13H15ClO2/c1-16-13-11(8-15)10-6-4-2-3-5-9(10)7-12(13)14/h7-8H,2-6H2,1H3. The average Bonchev–Trinajstić information content (AvgIpc) is 2.52. The third-order valence-corrected chi connectivity index (χ3v) is 3.45. The van der Waals surface area contributed by atoms with Crippen LogP contribution >= 0.6 is 11.6 Å². The van der Waals surface area contributed by atoms with E-state index < -0.39 is 0 Å². The molecular weight excluding hydrogens is 224 g/mol. The Balaban J connectivity index is 2.61. The van der Waals surface area contributed by atoms with Crippen LogP contribution in [0.25, 0.3) is 0 Å². The van der Waals surface area contributed by atoms with Crippen LogP contribution in [0.2, 0.25) is 5.02 Å². The van der Waals surface area contributed by atoms with Crippen molar-refractivity contribution < 1.29 is 9.53 Å². The zero-order chi connectivity index (χ0) is 11.5. The van der Waals surface area contributed by atoms with Crippen LogP contribution in [-0.4, -0.2) is 13.4 Å². The van der Waals surface area contributed by atoms with E-state index in [1.807, 2.05) is 6.07 Å². The van der Waals surface area contributed by atoms with Crippen molar-refractivity contribution in [2.75, 3.05) is 7.11 Å². The Morgan fingerprint density at radius 2 is 2.06 bits per heavy atom. The van der Waals surface area contributed by atoms with Gasteiger partial charge in [-0.25, -0.2) is 0 Å². The van der Waals surface area contributed by atoms with Gasteiger partial charge in [-0.15, -0.1) is 0 Å². The molecule has 16 heavy (non-hydrogen) atoms. The van der Waals surface area contributed by atoms with Crippen molar-refractivity contribution >= 4 is 17.9 Å². The Bertz CT molecular complexity index is 413. The van der Waals surface area contributed by atoms with Crippen LogP contribution in [0.15, 0.2) is 6.07 Å². The van der Waals surface area contributed by atoms with Gasteiger partial charge in [-0.3, -0.25) is 4.79 Å². The zero-order valence-electron chi connectivity index (χ0n) is 9.38. The summed E-state index contributed by atoms with van der Waals surface area (Å²) in [5.41, 5.74) is 2.99.